The maximum atomic E-state index is 12.6. The topological polar surface area (TPSA) is 93.7 Å². The molecular formula is C34H38N8O. The van der Waals surface area contributed by atoms with Crippen molar-refractivity contribution in [3.05, 3.63) is 71.4 Å². The van der Waals surface area contributed by atoms with E-state index in [1.807, 2.05) is 0 Å². The highest BCUT2D eigenvalue weighted by Crippen LogP contribution is 2.40. The fourth-order valence-corrected chi connectivity index (χ4v) is 6.96. The van der Waals surface area contributed by atoms with Gasteiger partial charge in [-0.3, -0.25) is 4.79 Å². The number of nitrogens with zero attached hydrogens (tertiary/aromatic N) is 8. The summed E-state index contributed by atoms with van der Waals surface area (Å²) in [5, 5.41) is 22.7. The maximum absolute atomic E-state index is 12.6. The number of benzene rings is 2. The van der Waals surface area contributed by atoms with Crippen molar-refractivity contribution in [3.63, 3.8) is 0 Å². The van der Waals surface area contributed by atoms with Gasteiger partial charge in [-0.25, -0.2) is 4.98 Å². The lowest BCUT2D eigenvalue weighted by molar-refractivity contribution is -0.128. The molecule has 0 N–H and O–H groups in total. The summed E-state index contributed by atoms with van der Waals surface area (Å²) in [5.41, 5.74) is 6.12. The molecule has 43 heavy (non-hydrogen) atoms. The number of rotatable bonds is 5. The van der Waals surface area contributed by atoms with E-state index < -0.39 is 0 Å². The highest BCUT2D eigenvalue weighted by molar-refractivity contribution is 5.97. The smallest absolute Gasteiger partial charge is 0.246 e. The van der Waals surface area contributed by atoms with E-state index in [-0.39, 0.29) is 18.4 Å². The van der Waals surface area contributed by atoms with Crippen LogP contribution in [0, 0.1) is 29.6 Å². The monoisotopic (exact) mass is 574 g/mol. The number of piperazine rings is 2. The fraction of sp³-hybridized carbons (Fsp3) is 0.412. The number of anilines is 3. The van der Waals surface area contributed by atoms with E-state index in [2.05, 4.69) is 88.7 Å². The van der Waals surface area contributed by atoms with Crippen molar-refractivity contribution in [1.82, 2.24) is 14.8 Å². The summed E-state index contributed by atoms with van der Waals surface area (Å²) < 4.78 is 0. The molecule has 1 atom stereocenters. The van der Waals surface area contributed by atoms with E-state index >= 15 is 0 Å². The number of carbonyl (C=O) groups excluding carboxylic acids is 1. The van der Waals surface area contributed by atoms with E-state index in [9.17, 15) is 15.3 Å². The van der Waals surface area contributed by atoms with Crippen LogP contribution < -0.4 is 14.7 Å². The van der Waals surface area contributed by atoms with E-state index in [1.54, 1.807) is 4.90 Å². The summed E-state index contributed by atoms with van der Waals surface area (Å²) in [4.78, 5) is 28.9. The van der Waals surface area contributed by atoms with Crippen LogP contribution in [0.1, 0.15) is 28.8 Å². The number of amides is 1. The molecule has 220 valence electrons. The summed E-state index contributed by atoms with van der Waals surface area (Å²) in [7, 11) is 2.12. The lowest BCUT2D eigenvalue weighted by Gasteiger charge is -2.44. The Hall–Kier alpha value is -4.60. The Morgan fingerprint density at radius 1 is 1.02 bits per heavy atom. The predicted molar refractivity (Wildman–Crippen MR) is 170 cm³/mol. The maximum Gasteiger partial charge on any atom is 0.246 e. The molecule has 6 rings (SSSR count). The molecular weight excluding hydrogens is 536 g/mol. The lowest BCUT2D eigenvalue weighted by Crippen LogP contribution is -2.55. The van der Waals surface area contributed by atoms with Crippen molar-refractivity contribution in [2.24, 2.45) is 0 Å². The van der Waals surface area contributed by atoms with Crippen molar-refractivity contribution < 1.29 is 4.79 Å². The van der Waals surface area contributed by atoms with Gasteiger partial charge in [-0.05, 0) is 43.5 Å². The molecule has 2 saturated heterocycles. The molecule has 3 aromatic rings. The largest absolute Gasteiger partial charge is 0.366 e. The predicted octanol–water partition coefficient (Wildman–Crippen LogP) is 3.85. The third-order valence-corrected chi connectivity index (χ3v) is 9.24. The van der Waals surface area contributed by atoms with Crippen LogP contribution in [0.15, 0.2) is 49.1 Å². The molecule has 1 amide bonds. The molecule has 2 aromatic carbocycles. The van der Waals surface area contributed by atoms with Gasteiger partial charge >= 0.3 is 0 Å². The Morgan fingerprint density at radius 3 is 2.49 bits per heavy atom. The third-order valence-electron chi connectivity index (χ3n) is 9.24. The summed E-state index contributed by atoms with van der Waals surface area (Å²) >= 11 is 0. The Labute approximate surface area is 253 Å². The Morgan fingerprint density at radius 2 is 1.77 bits per heavy atom. The summed E-state index contributed by atoms with van der Waals surface area (Å²) in [5.74, 6) is 0.595. The van der Waals surface area contributed by atoms with Gasteiger partial charge < -0.3 is 24.5 Å². The van der Waals surface area contributed by atoms with Gasteiger partial charge in [-0.1, -0.05) is 36.9 Å². The zero-order valence-electron chi connectivity index (χ0n) is 25.1. The normalized spacial score (nSPS) is 19.1. The molecule has 0 spiro atoms. The Kier molecular flexibility index (Phi) is 7.92. The molecule has 0 bridgehead atoms. The number of carbonyl (C=O) groups is 1. The van der Waals surface area contributed by atoms with Gasteiger partial charge in [0.25, 0.3) is 0 Å². The first kappa shape index (κ1) is 28.5. The van der Waals surface area contributed by atoms with Gasteiger partial charge in [-0.2, -0.15) is 10.5 Å². The van der Waals surface area contributed by atoms with Crippen molar-refractivity contribution in [3.8, 4) is 12.1 Å². The Balaban J connectivity index is 1.44. The first-order valence-electron chi connectivity index (χ1n) is 15.1. The van der Waals surface area contributed by atoms with Crippen LogP contribution >= 0.6 is 0 Å². The van der Waals surface area contributed by atoms with Crippen LogP contribution in [-0.2, 0) is 17.8 Å². The standard InChI is InChI=1S/C34H38N8O/c1-4-31(43)42-20-19-41(22-26(42)11-13-35)33-27-12-14-40(30-10-6-9-25-8-5-7-24(2)32(25)30)23-29(27)37-34(28(33)21-36)39-17-15-38(3)16-18-39/h4-10,26H,1,11-12,14-20,22-23H2,2-3H3. The van der Waals surface area contributed by atoms with E-state index in [0.29, 0.717) is 31.7 Å². The third kappa shape index (κ3) is 5.26. The Bertz CT molecular complexity index is 1640. The fourth-order valence-electron chi connectivity index (χ4n) is 6.96. The van der Waals surface area contributed by atoms with Gasteiger partial charge in [0.1, 0.15) is 17.5 Å². The summed E-state index contributed by atoms with van der Waals surface area (Å²) in [6, 6.07) is 17.5. The number of nitriles is 2. The second-order valence-electron chi connectivity index (χ2n) is 11.8. The molecule has 3 aliphatic rings. The minimum atomic E-state index is -0.273. The van der Waals surface area contributed by atoms with Crippen LogP contribution in [0.2, 0.25) is 0 Å². The average molecular weight is 575 g/mol. The molecule has 9 heteroatoms. The minimum Gasteiger partial charge on any atom is -0.366 e. The van der Waals surface area contributed by atoms with Crippen molar-refractivity contribution in [2.75, 3.05) is 74.1 Å². The molecule has 4 heterocycles. The van der Waals surface area contributed by atoms with Crippen LogP contribution in [0.3, 0.4) is 0 Å². The van der Waals surface area contributed by atoms with E-state index in [0.717, 1.165) is 61.9 Å². The first-order chi connectivity index (χ1) is 20.9. The second-order valence-corrected chi connectivity index (χ2v) is 11.8. The van der Waals surface area contributed by atoms with E-state index in [4.69, 9.17) is 4.98 Å². The minimum absolute atomic E-state index is 0.156. The zero-order chi connectivity index (χ0) is 30.1. The van der Waals surface area contributed by atoms with E-state index in [1.165, 1.54) is 28.1 Å². The summed E-state index contributed by atoms with van der Waals surface area (Å²) in [6.07, 6.45) is 2.31. The quantitative estimate of drug-likeness (QED) is 0.425. The number of likely N-dealkylation sites (N-methyl/N-ethyl adjacent to an activating group) is 1. The molecule has 2 fully saturated rings. The van der Waals surface area contributed by atoms with Crippen LogP contribution in [0.25, 0.3) is 10.8 Å². The summed E-state index contributed by atoms with van der Waals surface area (Å²) in [6.45, 7) is 12.3. The number of hydrogen-bond acceptors (Lipinski definition) is 8. The van der Waals surface area contributed by atoms with Crippen molar-refractivity contribution >= 4 is 33.9 Å². The van der Waals surface area contributed by atoms with Crippen LogP contribution in [0.4, 0.5) is 17.2 Å². The van der Waals surface area contributed by atoms with Crippen LogP contribution in [0.5, 0.6) is 0 Å². The van der Waals surface area contributed by atoms with Crippen molar-refractivity contribution in [2.45, 2.75) is 32.4 Å². The number of pyridine rings is 1. The highest BCUT2D eigenvalue weighted by Gasteiger charge is 2.35. The van der Waals surface area contributed by atoms with Gasteiger partial charge in [0.2, 0.25) is 5.91 Å². The molecule has 0 radical (unpaired) electrons. The average Bonchev–Trinajstić information content (AvgIpc) is 3.03. The molecule has 1 unspecified atom stereocenters. The van der Waals surface area contributed by atoms with Gasteiger partial charge in [0.15, 0.2) is 0 Å². The van der Waals surface area contributed by atoms with Crippen molar-refractivity contribution in [1.29, 1.82) is 10.5 Å². The molecule has 9 nitrogen and oxygen atoms in total. The number of aryl methyl sites for hydroxylation is 1. The highest BCUT2D eigenvalue weighted by atomic mass is 16.2. The molecule has 1 aromatic heterocycles. The van der Waals surface area contributed by atoms with Gasteiger partial charge in [0.05, 0.1) is 36.5 Å². The zero-order valence-corrected chi connectivity index (χ0v) is 25.1. The van der Waals surface area contributed by atoms with Crippen LogP contribution in [-0.4, -0.2) is 86.1 Å². The number of fused-ring (bicyclic) bond motifs is 2. The van der Waals surface area contributed by atoms with Gasteiger partial charge in [-0.15, -0.1) is 0 Å². The molecule has 0 aliphatic carbocycles. The first-order valence-corrected chi connectivity index (χ1v) is 15.1. The molecule has 3 aliphatic heterocycles. The number of hydrogen-bond donors (Lipinski definition) is 0. The SMILES string of the molecule is C=CC(=O)N1CCN(c2c(C#N)c(N3CCN(C)CC3)nc3c2CCN(c2cccc4cccc(C)c24)C3)CC1CC#N. The molecule has 0 saturated carbocycles. The van der Waals surface area contributed by atoms with Gasteiger partial charge in [0, 0.05) is 69.0 Å². The second kappa shape index (κ2) is 11.9. The lowest BCUT2D eigenvalue weighted by atomic mass is 9.95. The number of aromatic nitrogens is 1.